The fourth-order valence-electron chi connectivity index (χ4n) is 7.52. The number of fused-ring (bicyclic) bond motifs is 4. The lowest BCUT2D eigenvalue weighted by molar-refractivity contribution is 0.0691. The van der Waals surface area contributed by atoms with Crippen LogP contribution >= 0.6 is 23.2 Å². The quantitative estimate of drug-likeness (QED) is 0.159. The molecule has 1 unspecified atom stereocenters. The average Bonchev–Trinajstić information content (AvgIpc) is 3.67. The molecule has 0 bridgehead atoms. The van der Waals surface area contributed by atoms with E-state index in [2.05, 4.69) is 16.6 Å². The van der Waals surface area contributed by atoms with E-state index >= 15 is 0 Å². The van der Waals surface area contributed by atoms with Gasteiger partial charge in [0.2, 0.25) is 0 Å². The Morgan fingerprint density at radius 1 is 0.960 bits per heavy atom. The Labute approximate surface area is 299 Å². The highest BCUT2D eigenvalue weighted by molar-refractivity contribution is 6.35. The Hall–Kier alpha value is -4.80. The molecule has 6 aromatic rings. The first-order chi connectivity index (χ1) is 23.8. The van der Waals surface area contributed by atoms with Crippen molar-refractivity contribution < 1.29 is 19.4 Å². The number of hydrogen-bond acceptors (Lipinski definition) is 5. The number of hydrogen-bond donors (Lipinski definition) is 1. The molecule has 12 heteroatoms. The molecule has 4 heterocycles. The van der Waals surface area contributed by atoms with E-state index in [1.807, 2.05) is 69.8 Å². The molecule has 3 aromatic heterocycles. The Kier molecular flexibility index (Phi) is 8.43. The van der Waals surface area contributed by atoms with Crippen LogP contribution in [0.4, 0.5) is 5.69 Å². The molecule has 1 aliphatic rings. The van der Waals surface area contributed by atoms with Crippen molar-refractivity contribution in [2.45, 2.75) is 53.5 Å². The number of carbonyl (C=O) groups excluding carboxylic acids is 1. The summed E-state index contributed by atoms with van der Waals surface area (Å²) < 4.78 is 11.8. The van der Waals surface area contributed by atoms with Crippen LogP contribution in [0.3, 0.4) is 0 Å². The third kappa shape index (κ3) is 5.32. The van der Waals surface area contributed by atoms with Crippen molar-refractivity contribution in [3.8, 4) is 16.9 Å². The van der Waals surface area contributed by atoms with Crippen LogP contribution in [0.25, 0.3) is 32.9 Å². The van der Waals surface area contributed by atoms with Crippen molar-refractivity contribution in [2.24, 2.45) is 14.1 Å². The number of rotatable bonds is 8. The van der Waals surface area contributed by atoms with Gasteiger partial charge in [-0.3, -0.25) is 14.2 Å². The Morgan fingerprint density at radius 2 is 1.66 bits per heavy atom. The third-order valence-electron chi connectivity index (χ3n) is 9.91. The van der Waals surface area contributed by atoms with E-state index in [4.69, 9.17) is 33.0 Å². The zero-order valence-corrected chi connectivity index (χ0v) is 30.6. The molecule has 0 spiro atoms. The topological polar surface area (TPSA) is 107 Å². The molecule has 7 rings (SSSR count). The molecule has 0 saturated heterocycles. The highest BCUT2D eigenvalue weighted by Crippen LogP contribution is 2.45. The van der Waals surface area contributed by atoms with Crippen LogP contribution in [0.5, 0.6) is 5.75 Å². The van der Waals surface area contributed by atoms with Gasteiger partial charge in [-0.1, -0.05) is 29.3 Å². The maximum atomic E-state index is 14.8. The summed E-state index contributed by atoms with van der Waals surface area (Å²) >= 11 is 13.4. The van der Waals surface area contributed by atoms with E-state index in [1.54, 1.807) is 28.8 Å². The smallest absolute Gasteiger partial charge is 0.357 e. The molecule has 50 heavy (non-hydrogen) atoms. The van der Waals surface area contributed by atoms with Gasteiger partial charge < -0.3 is 19.3 Å². The fourth-order valence-corrected chi connectivity index (χ4v) is 7.88. The van der Waals surface area contributed by atoms with Gasteiger partial charge in [-0.15, -0.1) is 0 Å². The minimum absolute atomic E-state index is 0.0219. The largest absolute Gasteiger partial charge is 0.494 e. The summed E-state index contributed by atoms with van der Waals surface area (Å²) in [5, 5.41) is 21.4. The van der Waals surface area contributed by atoms with Crippen molar-refractivity contribution in [3.63, 3.8) is 0 Å². The number of anilines is 1. The lowest BCUT2D eigenvalue weighted by Gasteiger charge is -2.34. The Morgan fingerprint density at radius 3 is 2.32 bits per heavy atom. The van der Waals surface area contributed by atoms with Gasteiger partial charge in [0.15, 0.2) is 5.69 Å². The molecule has 1 amide bonds. The average molecular weight is 714 g/mol. The second kappa shape index (κ2) is 12.5. The van der Waals surface area contributed by atoms with Gasteiger partial charge in [0.1, 0.15) is 11.4 Å². The minimum atomic E-state index is -1.10. The number of benzene rings is 3. The van der Waals surface area contributed by atoms with Crippen LogP contribution < -0.4 is 9.64 Å². The second-order valence-corrected chi connectivity index (χ2v) is 14.0. The molecule has 0 radical (unpaired) electrons. The van der Waals surface area contributed by atoms with Crippen LogP contribution in [-0.2, 0) is 20.5 Å². The Balaban J connectivity index is 1.35. The molecule has 3 aromatic carbocycles. The minimum Gasteiger partial charge on any atom is -0.494 e. The molecule has 258 valence electrons. The molecule has 1 N–H and O–H groups in total. The van der Waals surface area contributed by atoms with Crippen molar-refractivity contribution >= 4 is 62.6 Å². The summed E-state index contributed by atoms with van der Waals surface area (Å²) in [6.45, 7) is 10.9. The summed E-state index contributed by atoms with van der Waals surface area (Å²) in [6.07, 6.45) is 1.25. The number of carbonyl (C=O) groups is 2. The predicted molar refractivity (Wildman–Crippen MR) is 197 cm³/mol. The van der Waals surface area contributed by atoms with Crippen LogP contribution in [-0.4, -0.2) is 54.3 Å². The first kappa shape index (κ1) is 33.7. The number of halogens is 2. The second-order valence-electron chi connectivity index (χ2n) is 13.3. The van der Waals surface area contributed by atoms with Crippen molar-refractivity contribution in [1.29, 1.82) is 0 Å². The molecule has 1 atom stereocenters. The number of aromatic carboxylic acids is 1. The summed E-state index contributed by atoms with van der Waals surface area (Å²) in [7, 11) is 3.63. The number of nitrogens with zero attached hydrogens (tertiary/aromatic N) is 6. The molecular formula is C38H38Cl2N6O4. The SMILES string of the molecule is Cc1cc(OCCCc2c3n(c4c(-c5c(C)nn(C)c5C)c(Cl)ccc24)C(C)CN(c2ccc4c(C(=O)O)nn(C)c4c2)C3=O)cc(C)c1Cl. The van der Waals surface area contributed by atoms with Crippen molar-refractivity contribution in [1.82, 2.24) is 24.1 Å². The highest BCUT2D eigenvalue weighted by Gasteiger charge is 2.37. The van der Waals surface area contributed by atoms with Gasteiger partial charge in [-0.2, -0.15) is 10.2 Å². The van der Waals surface area contributed by atoms with Crippen molar-refractivity contribution in [3.05, 3.63) is 92.0 Å². The Bertz CT molecular complexity index is 2360. The molecule has 0 saturated carbocycles. The van der Waals surface area contributed by atoms with Gasteiger partial charge in [0.25, 0.3) is 5.91 Å². The molecule has 0 aliphatic carbocycles. The molecule has 0 fully saturated rings. The van der Waals surface area contributed by atoms with E-state index < -0.39 is 5.97 Å². The highest BCUT2D eigenvalue weighted by atomic mass is 35.5. The summed E-state index contributed by atoms with van der Waals surface area (Å²) in [5.41, 5.74) is 9.34. The van der Waals surface area contributed by atoms with E-state index in [9.17, 15) is 14.7 Å². The summed E-state index contributed by atoms with van der Waals surface area (Å²) in [4.78, 5) is 28.4. The third-order valence-corrected chi connectivity index (χ3v) is 10.8. The number of aryl methyl sites for hydroxylation is 6. The first-order valence-electron chi connectivity index (χ1n) is 16.6. The van der Waals surface area contributed by atoms with Crippen LogP contribution in [0, 0.1) is 27.7 Å². The van der Waals surface area contributed by atoms with Gasteiger partial charge in [0.05, 0.1) is 28.4 Å². The number of carboxylic acids is 1. The van der Waals surface area contributed by atoms with Gasteiger partial charge in [0, 0.05) is 65.0 Å². The number of carboxylic acid groups (broad SMARTS) is 1. The fraction of sp³-hybridized carbons (Fsp3) is 0.316. The first-order valence-corrected chi connectivity index (χ1v) is 17.3. The molecule has 1 aliphatic heterocycles. The maximum Gasteiger partial charge on any atom is 0.357 e. The van der Waals surface area contributed by atoms with Crippen LogP contribution in [0.2, 0.25) is 10.0 Å². The molecule has 10 nitrogen and oxygen atoms in total. The van der Waals surface area contributed by atoms with Gasteiger partial charge in [-0.05, 0) is 101 Å². The predicted octanol–water partition coefficient (Wildman–Crippen LogP) is 8.40. The lowest BCUT2D eigenvalue weighted by Crippen LogP contribution is -2.42. The van der Waals surface area contributed by atoms with E-state index in [1.165, 1.54) is 0 Å². The van der Waals surface area contributed by atoms with Crippen LogP contribution in [0.1, 0.15) is 68.4 Å². The summed E-state index contributed by atoms with van der Waals surface area (Å²) in [6, 6.07) is 13.1. The molecular weight excluding hydrogens is 675 g/mol. The zero-order valence-electron chi connectivity index (χ0n) is 29.1. The standard InChI is InChI=1S/C38H38Cl2N6O4/c1-19-15-25(16-20(2)33(19)40)50-14-8-9-26-27-12-13-29(39)32(31-22(4)41-43(6)23(31)5)35(27)46-21(3)18-45(37(47)36(26)46)24-10-11-28-30(17-24)44(7)42-34(28)38(48)49/h10-13,15-17,21H,8-9,14,18H2,1-7H3,(H,48,49). The normalized spacial score (nSPS) is 14.6. The number of ether oxygens (including phenoxy) is 1. The monoisotopic (exact) mass is 712 g/mol. The van der Waals surface area contributed by atoms with E-state index in [0.717, 1.165) is 60.9 Å². The maximum absolute atomic E-state index is 14.8. The van der Waals surface area contributed by atoms with Crippen molar-refractivity contribution in [2.75, 3.05) is 18.1 Å². The lowest BCUT2D eigenvalue weighted by atomic mass is 9.98. The van der Waals surface area contributed by atoms with Gasteiger partial charge >= 0.3 is 5.97 Å². The number of aromatic nitrogens is 5. The number of amides is 1. The zero-order chi connectivity index (χ0) is 35.8. The van der Waals surface area contributed by atoms with E-state index in [0.29, 0.717) is 53.3 Å². The van der Waals surface area contributed by atoms with E-state index in [-0.39, 0.29) is 17.6 Å². The summed E-state index contributed by atoms with van der Waals surface area (Å²) in [5.74, 6) is -0.475. The van der Waals surface area contributed by atoms with Gasteiger partial charge in [-0.25, -0.2) is 4.79 Å². The van der Waals surface area contributed by atoms with Crippen LogP contribution in [0.15, 0.2) is 42.5 Å².